The quantitative estimate of drug-likeness (QED) is 0.577. The fourth-order valence-electron chi connectivity index (χ4n) is 1.33. The highest BCUT2D eigenvalue weighted by Gasteiger charge is 2.24. The lowest BCUT2D eigenvalue weighted by Gasteiger charge is -2.01. The number of hydrogen-bond acceptors (Lipinski definition) is 4. The van der Waals surface area contributed by atoms with Crippen molar-refractivity contribution in [3.8, 4) is 0 Å². The number of hydrogen-bond donors (Lipinski definition) is 0. The molecule has 0 aliphatic carbocycles. The minimum absolute atomic E-state index is 1.17. The van der Waals surface area contributed by atoms with Gasteiger partial charge in [-0.1, -0.05) is 54.0 Å². The van der Waals surface area contributed by atoms with E-state index in [-0.39, 0.29) is 0 Å². The molecular formula is C11H14S4. The van der Waals surface area contributed by atoms with Crippen LogP contribution in [0.1, 0.15) is 34.1 Å². The van der Waals surface area contributed by atoms with Crippen molar-refractivity contribution in [1.82, 2.24) is 0 Å². The third kappa shape index (κ3) is 2.48. The van der Waals surface area contributed by atoms with Gasteiger partial charge in [0.15, 0.2) is 0 Å². The third-order valence-electron chi connectivity index (χ3n) is 2.33. The first kappa shape index (κ1) is 12.1. The summed E-state index contributed by atoms with van der Waals surface area (Å²) in [6.45, 7) is 8.91. The molecule has 0 radical (unpaired) electrons. The summed E-state index contributed by atoms with van der Waals surface area (Å²) in [5.41, 5.74) is 0. The highest BCUT2D eigenvalue weighted by Crippen LogP contribution is 2.59. The molecule has 15 heavy (non-hydrogen) atoms. The zero-order valence-corrected chi connectivity index (χ0v) is 12.6. The molecule has 0 spiro atoms. The van der Waals surface area contributed by atoms with E-state index in [0.29, 0.717) is 0 Å². The second-order valence-electron chi connectivity index (χ2n) is 3.43. The van der Waals surface area contributed by atoms with Crippen molar-refractivity contribution in [3.63, 3.8) is 0 Å². The van der Waals surface area contributed by atoms with Gasteiger partial charge in [-0.2, -0.15) is 0 Å². The Morgan fingerprint density at radius 2 is 1.20 bits per heavy atom. The maximum atomic E-state index is 2.24. The number of allylic oxidation sites excluding steroid dienone is 4. The third-order valence-corrected chi connectivity index (χ3v) is 8.28. The minimum atomic E-state index is 1.17. The summed E-state index contributed by atoms with van der Waals surface area (Å²) < 4.78 is 2.98. The molecule has 0 unspecified atom stereocenters. The van der Waals surface area contributed by atoms with Crippen LogP contribution in [0.4, 0.5) is 0 Å². The van der Waals surface area contributed by atoms with Crippen LogP contribution in [0.5, 0.6) is 0 Å². The Morgan fingerprint density at radius 1 is 0.733 bits per heavy atom. The Labute approximate surface area is 109 Å². The van der Waals surface area contributed by atoms with E-state index in [1.165, 1.54) is 29.6 Å². The zero-order chi connectivity index (χ0) is 11.0. The lowest BCUT2D eigenvalue weighted by molar-refractivity contribution is 1.19. The van der Waals surface area contributed by atoms with Gasteiger partial charge in [0.2, 0.25) is 0 Å². The average molecular weight is 275 g/mol. The van der Waals surface area contributed by atoms with Gasteiger partial charge < -0.3 is 0 Å². The van der Waals surface area contributed by atoms with Gasteiger partial charge in [0, 0.05) is 0 Å². The first-order valence-corrected chi connectivity index (χ1v) is 8.21. The molecule has 4 heteroatoms. The van der Waals surface area contributed by atoms with E-state index in [1.807, 2.05) is 47.0 Å². The summed E-state index contributed by atoms with van der Waals surface area (Å²) in [5, 5.41) is 0. The lowest BCUT2D eigenvalue weighted by atomic mass is 10.4. The fourth-order valence-corrected chi connectivity index (χ4v) is 6.82. The zero-order valence-electron chi connectivity index (χ0n) is 9.34. The van der Waals surface area contributed by atoms with Gasteiger partial charge in [-0.15, -0.1) is 0 Å². The molecule has 0 saturated carbocycles. The highest BCUT2D eigenvalue weighted by molar-refractivity contribution is 8.34. The summed E-state index contributed by atoms with van der Waals surface area (Å²) >= 11 is 7.81. The topological polar surface area (TPSA) is 0 Å². The van der Waals surface area contributed by atoms with Crippen molar-refractivity contribution in [1.29, 1.82) is 0 Å². The van der Waals surface area contributed by atoms with Crippen molar-refractivity contribution >= 4 is 47.0 Å². The van der Waals surface area contributed by atoms with Crippen LogP contribution in [-0.4, -0.2) is 0 Å². The van der Waals surface area contributed by atoms with Crippen LogP contribution in [0.15, 0.2) is 28.1 Å². The Hall–Kier alpha value is 0.620. The lowest BCUT2D eigenvalue weighted by Crippen LogP contribution is -1.69. The maximum Gasteiger partial charge on any atom is 0.0699 e. The molecule has 0 saturated heterocycles. The predicted molar refractivity (Wildman–Crippen MR) is 78.8 cm³/mol. The van der Waals surface area contributed by atoms with Crippen LogP contribution >= 0.6 is 47.0 Å². The first-order valence-electron chi connectivity index (χ1n) is 4.94. The summed E-state index contributed by atoms with van der Waals surface area (Å²) in [5.74, 6) is 0. The van der Waals surface area contributed by atoms with Crippen molar-refractivity contribution in [2.45, 2.75) is 34.1 Å². The Morgan fingerprint density at radius 3 is 1.67 bits per heavy atom. The van der Waals surface area contributed by atoms with E-state index < -0.39 is 0 Å². The average Bonchev–Trinajstić information content (AvgIpc) is 2.71. The molecule has 0 atom stereocenters. The van der Waals surface area contributed by atoms with Crippen molar-refractivity contribution < 1.29 is 0 Å². The van der Waals surface area contributed by atoms with E-state index in [1.54, 1.807) is 4.91 Å². The molecule has 0 fully saturated rings. The Kier molecular flexibility index (Phi) is 3.92. The van der Waals surface area contributed by atoms with Crippen LogP contribution in [0.25, 0.3) is 0 Å². The molecule has 0 aromatic rings. The maximum absolute atomic E-state index is 2.24. The van der Waals surface area contributed by atoms with Gasteiger partial charge in [0.25, 0.3) is 0 Å². The van der Waals surface area contributed by atoms with E-state index in [2.05, 4.69) is 27.7 Å². The van der Waals surface area contributed by atoms with Gasteiger partial charge in [-0.05, 0) is 46.8 Å². The van der Waals surface area contributed by atoms with Gasteiger partial charge in [0.05, 0.1) is 8.47 Å². The van der Waals surface area contributed by atoms with Crippen LogP contribution < -0.4 is 0 Å². The largest absolute Gasteiger partial charge is 0.0849 e. The number of thioether (sulfide) groups is 4. The molecule has 0 N–H and O–H groups in total. The first-order chi connectivity index (χ1) is 7.11. The molecule has 0 aromatic heterocycles. The SMILES string of the molecule is CCC1=C(C)SC(=C2SC(C)=C(C)S2)S1. The molecule has 2 aliphatic heterocycles. The van der Waals surface area contributed by atoms with Crippen molar-refractivity contribution in [3.05, 3.63) is 28.1 Å². The molecule has 2 heterocycles. The van der Waals surface area contributed by atoms with Crippen molar-refractivity contribution in [2.75, 3.05) is 0 Å². The molecule has 0 aromatic carbocycles. The van der Waals surface area contributed by atoms with Gasteiger partial charge in [-0.25, -0.2) is 0 Å². The second kappa shape index (κ2) is 4.86. The standard InChI is InChI=1S/C11H14S4/c1-5-9-8(4)14-11(15-9)10-12-6(2)7(3)13-10/h5H2,1-4H3. The van der Waals surface area contributed by atoms with Crippen LogP contribution in [0.3, 0.4) is 0 Å². The summed E-state index contributed by atoms with van der Waals surface area (Å²) in [6, 6.07) is 0. The van der Waals surface area contributed by atoms with Gasteiger partial charge in [0.1, 0.15) is 0 Å². The van der Waals surface area contributed by atoms with Gasteiger partial charge in [-0.3, -0.25) is 0 Å². The normalized spacial score (nSPS) is 22.4. The van der Waals surface area contributed by atoms with Gasteiger partial charge >= 0.3 is 0 Å². The number of rotatable bonds is 1. The van der Waals surface area contributed by atoms with E-state index in [4.69, 9.17) is 0 Å². The van der Waals surface area contributed by atoms with E-state index in [9.17, 15) is 0 Å². The summed E-state index contributed by atoms with van der Waals surface area (Å²) in [7, 11) is 0. The Bertz CT molecular complexity index is 371. The predicted octanol–water partition coefficient (Wildman–Crippen LogP) is 5.97. The molecule has 0 amide bonds. The summed E-state index contributed by atoms with van der Waals surface area (Å²) in [6.07, 6.45) is 1.17. The smallest absolute Gasteiger partial charge is 0.0699 e. The Balaban J connectivity index is 2.15. The molecule has 82 valence electrons. The monoisotopic (exact) mass is 274 g/mol. The summed E-state index contributed by atoms with van der Waals surface area (Å²) in [4.78, 5) is 5.97. The van der Waals surface area contributed by atoms with E-state index in [0.717, 1.165) is 0 Å². The second-order valence-corrected chi connectivity index (χ2v) is 8.72. The van der Waals surface area contributed by atoms with Crippen LogP contribution in [0.2, 0.25) is 0 Å². The molecule has 0 nitrogen and oxygen atoms in total. The fraction of sp³-hybridized carbons (Fsp3) is 0.455. The molecule has 2 rings (SSSR count). The molecular weight excluding hydrogens is 260 g/mol. The minimum Gasteiger partial charge on any atom is -0.0849 e. The van der Waals surface area contributed by atoms with E-state index >= 15 is 0 Å². The highest BCUT2D eigenvalue weighted by atomic mass is 32.2. The van der Waals surface area contributed by atoms with Crippen molar-refractivity contribution in [2.24, 2.45) is 0 Å². The molecule has 2 aliphatic rings. The van der Waals surface area contributed by atoms with Crippen LogP contribution in [-0.2, 0) is 0 Å². The molecule has 0 bridgehead atoms. The van der Waals surface area contributed by atoms with Crippen LogP contribution in [0, 0.1) is 0 Å².